The molecule has 0 saturated carbocycles. The maximum atomic E-state index is 13.9. The Balaban J connectivity index is 3.04. The van der Waals surface area contributed by atoms with Crippen LogP contribution in [0.2, 0.25) is 5.04 Å². The normalized spacial score (nSPS) is 13.0. The molecule has 0 atom stereocenters. The highest BCUT2D eigenvalue weighted by molar-refractivity contribution is 7.24. The summed E-state index contributed by atoms with van der Waals surface area (Å²) in [6, 6.07) is 1.46. The molecule has 0 aliphatic rings. The molecule has 1 aromatic heterocycles. The van der Waals surface area contributed by atoms with E-state index in [9.17, 15) is 8.22 Å². The lowest BCUT2D eigenvalue weighted by Gasteiger charge is -2.25. The second-order valence-corrected chi connectivity index (χ2v) is 8.64. The third-order valence-corrected chi connectivity index (χ3v) is 6.55. The number of rotatable bonds is 2. The highest BCUT2D eigenvalue weighted by atomic mass is 32.1. The zero-order chi connectivity index (χ0) is 11.0. The molecular formula is C9H14F2OSSi. The van der Waals surface area contributed by atoms with E-state index in [-0.39, 0.29) is 4.50 Å². The van der Waals surface area contributed by atoms with Crippen LogP contribution in [0.1, 0.15) is 20.8 Å². The van der Waals surface area contributed by atoms with Crippen molar-refractivity contribution in [1.82, 2.24) is 0 Å². The molecule has 14 heavy (non-hydrogen) atoms. The Kier molecular flexibility index (Phi) is 3.01. The molecule has 5 heteroatoms. The molecule has 0 aliphatic carbocycles. The molecule has 0 radical (unpaired) electrons. The molecule has 0 spiro atoms. The van der Waals surface area contributed by atoms with E-state index in [4.69, 9.17) is 4.74 Å². The molecule has 0 saturated heterocycles. The average Bonchev–Trinajstić information content (AvgIpc) is 2.49. The average molecular weight is 236 g/mol. The van der Waals surface area contributed by atoms with Crippen LogP contribution in [0.4, 0.5) is 8.22 Å². The van der Waals surface area contributed by atoms with Crippen molar-refractivity contribution in [3.63, 3.8) is 0 Å². The van der Waals surface area contributed by atoms with Gasteiger partial charge in [-0.25, -0.2) is 0 Å². The van der Waals surface area contributed by atoms with Crippen LogP contribution >= 0.6 is 11.3 Å². The van der Waals surface area contributed by atoms with Gasteiger partial charge in [-0.15, -0.1) is 11.3 Å². The van der Waals surface area contributed by atoms with Gasteiger partial charge in [0.05, 0.1) is 11.6 Å². The van der Waals surface area contributed by atoms with Crippen LogP contribution in [0.25, 0.3) is 0 Å². The van der Waals surface area contributed by atoms with Crippen molar-refractivity contribution in [2.75, 3.05) is 7.11 Å². The van der Waals surface area contributed by atoms with Gasteiger partial charge in [-0.1, -0.05) is 20.8 Å². The fraction of sp³-hybridized carbons (Fsp3) is 0.556. The molecule has 0 aliphatic heterocycles. The summed E-state index contributed by atoms with van der Waals surface area (Å²) < 4.78 is 32.9. The molecule has 0 unspecified atom stereocenters. The summed E-state index contributed by atoms with van der Waals surface area (Å²) in [4.78, 5) is 0. The topological polar surface area (TPSA) is 9.23 Å². The van der Waals surface area contributed by atoms with Gasteiger partial charge in [-0.2, -0.15) is 0 Å². The van der Waals surface area contributed by atoms with E-state index in [1.807, 2.05) is 0 Å². The number of hydrogen-bond donors (Lipinski definition) is 0. The van der Waals surface area contributed by atoms with Crippen LogP contribution in [0.3, 0.4) is 0 Å². The summed E-state index contributed by atoms with van der Waals surface area (Å²) in [7, 11) is -2.85. The minimum absolute atomic E-state index is 0.196. The summed E-state index contributed by atoms with van der Waals surface area (Å²) in [6.07, 6.45) is 0. The fourth-order valence-corrected chi connectivity index (χ4v) is 4.30. The predicted molar refractivity (Wildman–Crippen MR) is 58.2 cm³/mol. The van der Waals surface area contributed by atoms with Crippen LogP contribution in [0.15, 0.2) is 11.4 Å². The first-order chi connectivity index (χ1) is 6.29. The Labute approximate surface area is 88.1 Å². The molecule has 0 N–H and O–H groups in total. The van der Waals surface area contributed by atoms with Crippen LogP contribution in [-0.4, -0.2) is 15.9 Å². The molecule has 1 rings (SSSR count). The van der Waals surface area contributed by atoms with Gasteiger partial charge in [0.25, 0.3) is 0 Å². The van der Waals surface area contributed by atoms with Crippen molar-refractivity contribution in [3.8, 4) is 5.75 Å². The Morgan fingerprint density at radius 3 is 2.29 bits per heavy atom. The van der Waals surface area contributed by atoms with E-state index in [1.54, 1.807) is 26.2 Å². The Hall–Kier alpha value is -0.423. The van der Waals surface area contributed by atoms with E-state index < -0.39 is 13.8 Å². The van der Waals surface area contributed by atoms with Crippen LogP contribution in [-0.2, 0) is 0 Å². The zero-order valence-electron chi connectivity index (χ0n) is 8.73. The van der Waals surface area contributed by atoms with E-state index in [2.05, 4.69) is 0 Å². The van der Waals surface area contributed by atoms with E-state index in [0.29, 0.717) is 5.75 Å². The SMILES string of the molecule is COc1csc([Si](F)(F)C(C)(C)C)c1. The van der Waals surface area contributed by atoms with E-state index in [1.165, 1.54) is 13.2 Å². The lowest BCUT2D eigenvalue weighted by Crippen LogP contribution is -2.45. The molecule has 0 amide bonds. The zero-order valence-corrected chi connectivity index (χ0v) is 10.5. The van der Waals surface area contributed by atoms with Crippen LogP contribution in [0.5, 0.6) is 5.75 Å². The van der Waals surface area contributed by atoms with Gasteiger partial charge in [0.1, 0.15) is 5.75 Å². The fourth-order valence-electron chi connectivity index (χ4n) is 0.960. The number of ether oxygens (including phenoxy) is 1. The molecule has 1 aromatic rings. The van der Waals surface area contributed by atoms with Gasteiger partial charge >= 0.3 is 8.74 Å². The first-order valence-corrected chi connectivity index (χ1v) is 6.93. The number of methoxy groups -OCH3 is 1. The van der Waals surface area contributed by atoms with Crippen LogP contribution < -0.4 is 9.24 Å². The Bertz CT molecular complexity index is 317. The highest BCUT2D eigenvalue weighted by Crippen LogP contribution is 2.39. The third kappa shape index (κ3) is 1.98. The Morgan fingerprint density at radius 1 is 1.36 bits per heavy atom. The minimum atomic E-state index is -4.34. The summed E-state index contributed by atoms with van der Waals surface area (Å²) in [5.74, 6) is 0.529. The minimum Gasteiger partial charge on any atom is -0.496 e. The molecule has 0 aromatic carbocycles. The summed E-state index contributed by atoms with van der Waals surface area (Å²) in [5, 5.41) is 0.699. The van der Waals surface area contributed by atoms with Gasteiger partial charge in [-0.05, 0) is 6.07 Å². The molecule has 0 bridgehead atoms. The molecule has 0 fully saturated rings. The first-order valence-electron chi connectivity index (χ1n) is 4.30. The van der Waals surface area contributed by atoms with Gasteiger partial charge in [0, 0.05) is 10.4 Å². The summed E-state index contributed by atoms with van der Waals surface area (Å²) in [6.45, 7) is 4.77. The van der Waals surface area contributed by atoms with E-state index >= 15 is 0 Å². The van der Waals surface area contributed by atoms with Crippen molar-refractivity contribution >= 4 is 24.6 Å². The molecule has 1 heterocycles. The van der Waals surface area contributed by atoms with Crippen molar-refractivity contribution in [2.24, 2.45) is 0 Å². The lowest BCUT2D eigenvalue weighted by atomic mass is 10.2. The second-order valence-electron chi connectivity index (χ2n) is 4.18. The summed E-state index contributed by atoms with van der Waals surface area (Å²) >= 11 is 1.09. The van der Waals surface area contributed by atoms with Crippen LogP contribution in [0, 0.1) is 0 Å². The first kappa shape index (κ1) is 11.7. The molecule has 80 valence electrons. The van der Waals surface area contributed by atoms with Gasteiger partial charge in [0.2, 0.25) is 0 Å². The smallest absolute Gasteiger partial charge is 0.470 e. The second kappa shape index (κ2) is 3.62. The maximum absolute atomic E-state index is 13.9. The number of thiophene rings is 1. The van der Waals surface area contributed by atoms with Gasteiger partial charge < -0.3 is 4.74 Å². The Morgan fingerprint density at radius 2 is 1.93 bits per heavy atom. The lowest BCUT2D eigenvalue weighted by molar-refractivity contribution is 0.416. The molecular weight excluding hydrogens is 222 g/mol. The monoisotopic (exact) mass is 236 g/mol. The quantitative estimate of drug-likeness (QED) is 0.566. The van der Waals surface area contributed by atoms with Crippen molar-refractivity contribution in [1.29, 1.82) is 0 Å². The van der Waals surface area contributed by atoms with Crippen molar-refractivity contribution < 1.29 is 13.0 Å². The van der Waals surface area contributed by atoms with Crippen molar-refractivity contribution in [3.05, 3.63) is 11.4 Å². The highest BCUT2D eigenvalue weighted by Gasteiger charge is 2.51. The van der Waals surface area contributed by atoms with Gasteiger partial charge in [0.15, 0.2) is 0 Å². The third-order valence-electron chi connectivity index (χ3n) is 2.06. The van der Waals surface area contributed by atoms with Gasteiger partial charge in [-0.3, -0.25) is 8.22 Å². The number of halogens is 2. The number of hydrogen-bond acceptors (Lipinski definition) is 2. The largest absolute Gasteiger partial charge is 0.496 e. The molecule has 1 nitrogen and oxygen atoms in total. The predicted octanol–water partition coefficient (Wildman–Crippen LogP) is 3.15. The van der Waals surface area contributed by atoms with E-state index in [0.717, 1.165) is 11.3 Å². The standard InChI is InChI=1S/C9H14F2OSSi/c1-9(2,3)14(10,11)8-5-7(12-4)6-13-8/h5-6H,1-4H3. The van der Waals surface area contributed by atoms with Crippen molar-refractivity contribution in [2.45, 2.75) is 25.8 Å². The maximum Gasteiger partial charge on any atom is 0.470 e. The summed E-state index contributed by atoms with van der Waals surface area (Å²) in [5.41, 5.74) is 0.